The Morgan fingerprint density at radius 3 is 2.71 bits per heavy atom. The Morgan fingerprint density at radius 1 is 1.36 bits per heavy atom. The minimum atomic E-state index is -0.503. The molecule has 1 fully saturated rings. The Morgan fingerprint density at radius 2 is 2.11 bits per heavy atom. The number of aromatic nitrogens is 1. The van der Waals surface area contributed by atoms with E-state index in [9.17, 15) is 9.90 Å². The molecular weight excluding hydrogens is 354 g/mol. The van der Waals surface area contributed by atoms with E-state index in [1.54, 1.807) is 6.20 Å². The van der Waals surface area contributed by atoms with Gasteiger partial charge in [-0.1, -0.05) is 19.9 Å². The molecule has 3 N–H and O–H groups in total. The van der Waals surface area contributed by atoms with Crippen LogP contribution in [0.15, 0.2) is 24.5 Å². The first kappa shape index (κ1) is 22.7. The van der Waals surface area contributed by atoms with Crippen molar-refractivity contribution in [3.05, 3.63) is 30.1 Å². The van der Waals surface area contributed by atoms with Crippen molar-refractivity contribution in [1.82, 2.24) is 25.4 Å². The lowest BCUT2D eigenvalue weighted by atomic mass is 10.1. The number of aliphatic hydroxyl groups excluding tert-OH is 1. The van der Waals surface area contributed by atoms with Crippen LogP contribution in [-0.2, 0) is 11.3 Å². The Hall–Kier alpha value is -1.54. The largest absolute Gasteiger partial charge is 0.390 e. The lowest BCUT2D eigenvalue weighted by molar-refractivity contribution is -0.131. The smallest absolute Gasteiger partial charge is 0.239 e. The SMILES string of the molecule is CC(C)NC[C@H](O)CN1CCN(Cc2cccnc2)C[C@H]1C(=O)NC(C)(C)C. The Labute approximate surface area is 169 Å². The zero-order chi connectivity index (χ0) is 20.7. The monoisotopic (exact) mass is 391 g/mol. The van der Waals surface area contributed by atoms with Gasteiger partial charge in [-0.25, -0.2) is 0 Å². The Bertz CT molecular complexity index is 603. The van der Waals surface area contributed by atoms with Crippen LogP contribution in [0.2, 0.25) is 0 Å². The molecule has 0 radical (unpaired) electrons. The number of hydrogen-bond donors (Lipinski definition) is 3. The third-order valence-electron chi connectivity index (χ3n) is 4.71. The molecule has 0 unspecified atom stereocenters. The molecular formula is C21H37N5O2. The molecule has 1 aliphatic heterocycles. The standard InChI is InChI=1S/C21H37N5O2/c1-16(2)23-12-18(27)14-26-10-9-25(13-17-7-6-8-22-11-17)15-19(26)20(28)24-21(3,4)5/h6-8,11,16,18-19,23,27H,9-10,12-15H2,1-5H3,(H,24,28)/t18-,19-/m0/s1. The number of hydrogen-bond acceptors (Lipinski definition) is 6. The van der Waals surface area contributed by atoms with Crippen LogP contribution in [0.3, 0.4) is 0 Å². The fourth-order valence-corrected chi connectivity index (χ4v) is 3.40. The first-order valence-corrected chi connectivity index (χ1v) is 10.2. The second kappa shape index (κ2) is 10.3. The number of pyridine rings is 1. The molecule has 1 aliphatic rings. The van der Waals surface area contributed by atoms with E-state index >= 15 is 0 Å². The molecule has 1 aromatic rings. The van der Waals surface area contributed by atoms with Gasteiger partial charge in [-0.3, -0.25) is 19.6 Å². The maximum Gasteiger partial charge on any atom is 0.239 e. The number of nitrogens with zero attached hydrogens (tertiary/aromatic N) is 3. The number of nitrogens with one attached hydrogen (secondary N) is 2. The number of carbonyl (C=O) groups excluding carboxylic acids is 1. The van der Waals surface area contributed by atoms with Crippen molar-refractivity contribution in [1.29, 1.82) is 0 Å². The molecule has 0 aromatic carbocycles. The van der Waals surface area contributed by atoms with Crippen molar-refractivity contribution in [2.45, 2.75) is 64.9 Å². The van der Waals surface area contributed by atoms with Gasteiger partial charge in [-0.05, 0) is 32.4 Å². The van der Waals surface area contributed by atoms with E-state index < -0.39 is 6.10 Å². The normalized spacial score (nSPS) is 20.3. The molecule has 7 heteroatoms. The highest BCUT2D eigenvalue weighted by molar-refractivity contribution is 5.82. The first-order valence-electron chi connectivity index (χ1n) is 10.2. The van der Waals surface area contributed by atoms with Crippen molar-refractivity contribution in [3.8, 4) is 0 Å². The summed E-state index contributed by atoms with van der Waals surface area (Å²) in [6, 6.07) is 4.04. The minimum Gasteiger partial charge on any atom is -0.390 e. The second-order valence-electron chi connectivity index (χ2n) is 9.06. The number of amides is 1. The van der Waals surface area contributed by atoms with Crippen LogP contribution >= 0.6 is 0 Å². The van der Waals surface area contributed by atoms with Gasteiger partial charge < -0.3 is 15.7 Å². The molecule has 0 aliphatic carbocycles. The predicted octanol–water partition coefficient (Wildman–Crippen LogP) is 0.841. The Balaban J connectivity index is 2.03. The van der Waals surface area contributed by atoms with E-state index in [4.69, 9.17) is 0 Å². The first-order chi connectivity index (χ1) is 13.1. The summed E-state index contributed by atoms with van der Waals surface area (Å²) < 4.78 is 0. The molecule has 1 aromatic heterocycles. The third-order valence-corrected chi connectivity index (χ3v) is 4.71. The lowest BCUT2D eigenvalue weighted by Gasteiger charge is -2.42. The van der Waals surface area contributed by atoms with Gasteiger partial charge in [0.1, 0.15) is 6.04 Å². The van der Waals surface area contributed by atoms with Crippen molar-refractivity contribution in [3.63, 3.8) is 0 Å². The molecule has 2 heterocycles. The fourth-order valence-electron chi connectivity index (χ4n) is 3.40. The summed E-state index contributed by atoms with van der Waals surface area (Å²) in [6.45, 7) is 14.1. The van der Waals surface area contributed by atoms with Crippen LogP contribution < -0.4 is 10.6 Å². The van der Waals surface area contributed by atoms with Gasteiger partial charge in [0.2, 0.25) is 5.91 Å². The molecule has 1 saturated heterocycles. The lowest BCUT2D eigenvalue weighted by Crippen LogP contribution is -2.62. The highest BCUT2D eigenvalue weighted by atomic mass is 16.3. The summed E-state index contributed by atoms with van der Waals surface area (Å²) in [6.07, 6.45) is 3.14. The number of piperazine rings is 1. The third kappa shape index (κ3) is 7.83. The second-order valence-corrected chi connectivity index (χ2v) is 9.06. The van der Waals surface area contributed by atoms with E-state index in [0.717, 1.165) is 25.2 Å². The van der Waals surface area contributed by atoms with Crippen molar-refractivity contribution in [2.24, 2.45) is 0 Å². The van der Waals surface area contributed by atoms with Gasteiger partial charge in [0, 0.05) is 63.2 Å². The van der Waals surface area contributed by atoms with Gasteiger partial charge >= 0.3 is 0 Å². The van der Waals surface area contributed by atoms with E-state index in [1.165, 1.54) is 0 Å². The molecule has 1 amide bonds. The van der Waals surface area contributed by atoms with Crippen LogP contribution in [-0.4, -0.2) is 82.2 Å². The van der Waals surface area contributed by atoms with Crippen molar-refractivity contribution < 1.29 is 9.90 Å². The molecule has 158 valence electrons. The van der Waals surface area contributed by atoms with Crippen molar-refractivity contribution >= 4 is 5.91 Å². The summed E-state index contributed by atoms with van der Waals surface area (Å²) in [4.78, 5) is 21.6. The van der Waals surface area contributed by atoms with Crippen LogP contribution in [0.25, 0.3) is 0 Å². The van der Waals surface area contributed by atoms with Crippen LogP contribution in [0.5, 0.6) is 0 Å². The summed E-state index contributed by atoms with van der Waals surface area (Å²) in [5, 5.41) is 16.8. The number of β-amino-alcohol motifs (C(OH)–C–C–N with tert-alkyl or cyclic N) is 1. The predicted molar refractivity (Wildman–Crippen MR) is 112 cm³/mol. The molecule has 0 spiro atoms. The Kier molecular flexibility index (Phi) is 8.37. The topological polar surface area (TPSA) is 80.7 Å². The molecule has 7 nitrogen and oxygen atoms in total. The van der Waals surface area contributed by atoms with E-state index in [2.05, 4.69) is 45.3 Å². The van der Waals surface area contributed by atoms with Crippen LogP contribution in [0.1, 0.15) is 40.2 Å². The summed E-state index contributed by atoms with van der Waals surface area (Å²) >= 11 is 0. The molecule has 0 saturated carbocycles. The zero-order valence-electron chi connectivity index (χ0n) is 18.0. The summed E-state index contributed by atoms with van der Waals surface area (Å²) in [5.74, 6) is 0.0207. The van der Waals surface area contributed by atoms with E-state index in [1.807, 2.05) is 33.0 Å². The van der Waals surface area contributed by atoms with E-state index in [0.29, 0.717) is 25.7 Å². The molecule has 0 bridgehead atoms. The van der Waals surface area contributed by atoms with Gasteiger partial charge in [-0.15, -0.1) is 0 Å². The zero-order valence-corrected chi connectivity index (χ0v) is 18.0. The molecule has 2 rings (SSSR count). The fraction of sp³-hybridized carbons (Fsp3) is 0.714. The van der Waals surface area contributed by atoms with Crippen LogP contribution in [0.4, 0.5) is 0 Å². The maximum absolute atomic E-state index is 13.0. The van der Waals surface area contributed by atoms with Gasteiger partial charge in [0.05, 0.1) is 6.10 Å². The van der Waals surface area contributed by atoms with E-state index in [-0.39, 0.29) is 17.5 Å². The summed E-state index contributed by atoms with van der Waals surface area (Å²) in [7, 11) is 0. The number of aliphatic hydroxyl groups is 1. The quantitative estimate of drug-likeness (QED) is 0.609. The average molecular weight is 392 g/mol. The highest BCUT2D eigenvalue weighted by Gasteiger charge is 2.34. The van der Waals surface area contributed by atoms with Gasteiger partial charge in [0.25, 0.3) is 0 Å². The average Bonchev–Trinajstić information content (AvgIpc) is 2.60. The number of rotatable bonds is 8. The molecule has 28 heavy (non-hydrogen) atoms. The van der Waals surface area contributed by atoms with Crippen molar-refractivity contribution in [2.75, 3.05) is 32.7 Å². The summed E-state index contributed by atoms with van der Waals surface area (Å²) in [5.41, 5.74) is 0.860. The molecule has 2 atom stereocenters. The highest BCUT2D eigenvalue weighted by Crippen LogP contribution is 2.15. The maximum atomic E-state index is 13.0. The van der Waals surface area contributed by atoms with Gasteiger partial charge in [0.15, 0.2) is 0 Å². The van der Waals surface area contributed by atoms with Crippen LogP contribution in [0, 0.1) is 0 Å². The minimum absolute atomic E-state index is 0.0207. The van der Waals surface area contributed by atoms with Gasteiger partial charge in [-0.2, -0.15) is 0 Å². The number of carbonyl (C=O) groups is 1.